The fourth-order valence-electron chi connectivity index (χ4n) is 2.83. The summed E-state index contributed by atoms with van der Waals surface area (Å²) < 4.78 is 6.24. The van der Waals surface area contributed by atoms with Crippen LogP contribution >= 0.6 is 0 Å². The van der Waals surface area contributed by atoms with Crippen molar-refractivity contribution in [3.8, 4) is 11.5 Å². The molecule has 1 saturated heterocycles. The molecule has 23 heavy (non-hydrogen) atoms. The van der Waals surface area contributed by atoms with Crippen LogP contribution in [0.25, 0.3) is 11.5 Å². The summed E-state index contributed by atoms with van der Waals surface area (Å²) in [6, 6.07) is 9.28. The van der Waals surface area contributed by atoms with Gasteiger partial charge in [-0.25, -0.2) is 4.79 Å². The van der Waals surface area contributed by atoms with Gasteiger partial charge >= 0.3 is 5.76 Å². The standard InChI is InChI=1S/C16H20N4O3/c1-12-10-18(2)8-9-19(12)14(21)11-20-16(22)23-15(17-20)13-6-4-3-5-7-13/h3-7,12H,8-11H2,1-2H3/t12-/m1/s1. The van der Waals surface area contributed by atoms with E-state index < -0.39 is 5.76 Å². The zero-order valence-electron chi connectivity index (χ0n) is 13.3. The quantitative estimate of drug-likeness (QED) is 0.832. The van der Waals surface area contributed by atoms with Crippen molar-refractivity contribution >= 4 is 5.91 Å². The molecule has 122 valence electrons. The van der Waals surface area contributed by atoms with E-state index in [4.69, 9.17) is 4.42 Å². The van der Waals surface area contributed by atoms with Gasteiger partial charge in [-0.1, -0.05) is 18.2 Å². The lowest BCUT2D eigenvalue weighted by Gasteiger charge is -2.38. The van der Waals surface area contributed by atoms with Crippen molar-refractivity contribution < 1.29 is 9.21 Å². The number of amides is 1. The third-order valence-electron chi connectivity index (χ3n) is 4.06. The first-order valence-electron chi connectivity index (χ1n) is 7.66. The number of carbonyl (C=O) groups excluding carboxylic acids is 1. The monoisotopic (exact) mass is 316 g/mol. The number of piperazine rings is 1. The molecule has 3 rings (SSSR count). The van der Waals surface area contributed by atoms with Gasteiger partial charge in [0.1, 0.15) is 6.54 Å². The first-order valence-corrected chi connectivity index (χ1v) is 7.66. The predicted octanol–water partition coefficient (Wildman–Crippen LogP) is 0.666. The zero-order chi connectivity index (χ0) is 16.4. The number of rotatable bonds is 3. The molecule has 1 amide bonds. The summed E-state index contributed by atoms with van der Waals surface area (Å²) in [5, 5.41) is 4.13. The highest BCUT2D eigenvalue weighted by atomic mass is 16.4. The summed E-state index contributed by atoms with van der Waals surface area (Å²) in [4.78, 5) is 28.3. The molecule has 1 aliphatic rings. The molecule has 0 spiro atoms. The molecular weight excluding hydrogens is 296 g/mol. The maximum absolute atomic E-state index is 12.4. The van der Waals surface area contributed by atoms with Crippen LogP contribution in [0, 0.1) is 0 Å². The molecule has 0 saturated carbocycles. The van der Waals surface area contributed by atoms with Gasteiger partial charge in [0.2, 0.25) is 11.8 Å². The van der Waals surface area contributed by atoms with Gasteiger partial charge in [-0.05, 0) is 26.1 Å². The van der Waals surface area contributed by atoms with Crippen molar-refractivity contribution in [3.05, 3.63) is 40.9 Å². The highest BCUT2D eigenvalue weighted by Crippen LogP contribution is 2.14. The lowest BCUT2D eigenvalue weighted by Crippen LogP contribution is -2.53. The third-order valence-corrected chi connectivity index (χ3v) is 4.06. The van der Waals surface area contributed by atoms with Gasteiger partial charge in [-0.15, -0.1) is 5.10 Å². The van der Waals surface area contributed by atoms with Crippen molar-refractivity contribution in [2.24, 2.45) is 0 Å². The SMILES string of the molecule is C[C@@H]1CN(C)CCN1C(=O)Cn1nc(-c2ccccc2)oc1=O. The molecule has 1 aromatic carbocycles. The van der Waals surface area contributed by atoms with E-state index in [1.54, 1.807) is 17.0 Å². The number of benzene rings is 1. The van der Waals surface area contributed by atoms with Crippen LogP contribution in [0.4, 0.5) is 0 Å². The second-order valence-electron chi connectivity index (χ2n) is 5.90. The highest BCUT2D eigenvalue weighted by Gasteiger charge is 2.26. The minimum Gasteiger partial charge on any atom is -0.388 e. The molecule has 1 fully saturated rings. The van der Waals surface area contributed by atoms with Gasteiger partial charge in [0.15, 0.2) is 0 Å². The molecule has 7 nitrogen and oxygen atoms in total. The minimum atomic E-state index is -0.612. The molecule has 7 heteroatoms. The van der Waals surface area contributed by atoms with E-state index in [1.807, 2.05) is 32.2 Å². The molecule has 1 aliphatic heterocycles. The van der Waals surface area contributed by atoms with E-state index in [1.165, 1.54) is 0 Å². The summed E-state index contributed by atoms with van der Waals surface area (Å²) in [7, 11) is 2.03. The Bertz CT molecular complexity index is 737. The van der Waals surface area contributed by atoms with E-state index in [2.05, 4.69) is 10.00 Å². The molecule has 0 radical (unpaired) electrons. The first-order chi connectivity index (χ1) is 11.0. The van der Waals surface area contributed by atoms with Gasteiger partial charge in [-0.2, -0.15) is 4.68 Å². The molecule has 1 atom stereocenters. The highest BCUT2D eigenvalue weighted by molar-refractivity contribution is 5.76. The zero-order valence-corrected chi connectivity index (χ0v) is 13.3. The Balaban J connectivity index is 1.74. The fourth-order valence-corrected chi connectivity index (χ4v) is 2.83. The Hall–Kier alpha value is -2.41. The number of nitrogens with zero attached hydrogens (tertiary/aromatic N) is 4. The minimum absolute atomic E-state index is 0.0940. The second-order valence-corrected chi connectivity index (χ2v) is 5.90. The number of hydrogen-bond donors (Lipinski definition) is 0. The maximum atomic E-state index is 12.4. The van der Waals surface area contributed by atoms with E-state index in [-0.39, 0.29) is 24.4 Å². The first kappa shape index (κ1) is 15.5. The van der Waals surface area contributed by atoms with Crippen molar-refractivity contribution in [1.82, 2.24) is 19.6 Å². The van der Waals surface area contributed by atoms with E-state index >= 15 is 0 Å². The van der Waals surface area contributed by atoms with Crippen molar-refractivity contribution in [3.63, 3.8) is 0 Å². The van der Waals surface area contributed by atoms with Crippen LogP contribution < -0.4 is 5.76 Å². The third kappa shape index (κ3) is 3.34. The molecule has 0 unspecified atom stereocenters. The van der Waals surface area contributed by atoms with Crippen molar-refractivity contribution in [2.45, 2.75) is 19.5 Å². The van der Waals surface area contributed by atoms with Crippen LogP contribution in [-0.2, 0) is 11.3 Å². The van der Waals surface area contributed by atoms with Gasteiger partial charge in [0, 0.05) is 31.2 Å². The van der Waals surface area contributed by atoms with Crippen molar-refractivity contribution in [1.29, 1.82) is 0 Å². The molecule has 0 aliphatic carbocycles. The normalized spacial score (nSPS) is 19.0. The molecule has 1 aromatic heterocycles. The Labute approximate surface area is 134 Å². The van der Waals surface area contributed by atoms with Crippen LogP contribution in [-0.4, -0.2) is 58.2 Å². The smallest absolute Gasteiger partial charge is 0.388 e. The maximum Gasteiger partial charge on any atom is 0.437 e. The number of likely N-dealkylation sites (N-methyl/N-ethyl adjacent to an activating group) is 1. The largest absolute Gasteiger partial charge is 0.437 e. The van der Waals surface area contributed by atoms with Gasteiger partial charge in [0.05, 0.1) is 0 Å². The van der Waals surface area contributed by atoms with Gasteiger partial charge < -0.3 is 14.2 Å². The average molecular weight is 316 g/mol. The summed E-state index contributed by atoms with van der Waals surface area (Å²) in [5.74, 6) is -0.491. The van der Waals surface area contributed by atoms with Gasteiger partial charge in [-0.3, -0.25) is 4.79 Å². The fraction of sp³-hybridized carbons (Fsp3) is 0.438. The van der Waals surface area contributed by atoms with Gasteiger partial charge in [0.25, 0.3) is 0 Å². The topological polar surface area (TPSA) is 71.6 Å². The Morgan fingerprint density at radius 1 is 1.30 bits per heavy atom. The van der Waals surface area contributed by atoms with E-state index in [0.29, 0.717) is 12.1 Å². The summed E-state index contributed by atoms with van der Waals surface area (Å²) in [6.07, 6.45) is 0. The second kappa shape index (κ2) is 6.37. The predicted molar refractivity (Wildman–Crippen MR) is 84.9 cm³/mol. The van der Waals surface area contributed by atoms with Crippen LogP contribution in [0.1, 0.15) is 6.92 Å². The number of hydrogen-bond acceptors (Lipinski definition) is 5. The van der Waals surface area contributed by atoms with E-state index in [9.17, 15) is 9.59 Å². The summed E-state index contributed by atoms with van der Waals surface area (Å²) in [5.41, 5.74) is 0.712. The molecular formula is C16H20N4O3. The Morgan fingerprint density at radius 3 is 2.74 bits per heavy atom. The number of aromatic nitrogens is 2. The molecule has 0 bridgehead atoms. The lowest BCUT2D eigenvalue weighted by molar-refractivity contribution is -0.136. The van der Waals surface area contributed by atoms with E-state index in [0.717, 1.165) is 17.8 Å². The van der Waals surface area contributed by atoms with Crippen LogP contribution in [0.15, 0.2) is 39.5 Å². The van der Waals surface area contributed by atoms with Crippen molar-refractivity contribution in [2.75, 3.05) is 26.7 Å². The summed E-state index contributed by atoms with van der Waals surface area (Å²) >= 11 is 0. The molecule has 2 aromatic rings. The molecule has 2 heterocycles. The van der Waals surface area contributed by atoms with Crippen LogP contribution in [0.5, 0.6) is 0 Å². The summed E-state index contributed by atoms with van der Waals surface area (Å²) in [6.45, 7) is 4.24. The number of carbonyl (C=O) groups is 1. The Morgan fingerprint density at radius 2 is 2.04 bits per heavy atom. The average Bonchev–Trinajstić information content (AvgIpc) is 2.89. The molecule has 0 N–H and O–H groups in total. The lowest BCUT2D eigenvalue weighted by atomic mass is 10.2. The van der Waals surface area contributed by atoms with Crippen LogP contribution in [0.3, 0.4) is 0 Å². The van der Waals surface area contributed by atoms with Crippen LogP contribution in [0.2, 0.25) is 0 Å². The Kier molecular flexibility index (Phi) is 4.29.